The molecule has 0 aromatic carbocycles. The maximum absolute atomic E-state index is 11.0. The first kappa shape index (κ1) is 11.0. The first-order valence-electron chi connectivity index (χ1n) is 4.76. The lowest BCUT2D eigenvalue weighted by Crippen LogP contribution is -2.17. The Balaban J connectivity index is 2.17. The summed E-state index contributed by atoms with van der Waals surface area (Å²) >= 11 is 3.74. The van der Waals surface area contributed by atoms with Gasteiger partial charge in [0, 0.05) is 23.7 Å². The van der Waals surface area contributed by atoms with Crippen LogP contribution < -0.4 is 0 Å². The SMILES string of the molecule is CC(=O)c1nc(C2SCCSC2C)no1. The lowest BCUT2D eigenvalue weighted by molar-refractivity contribution is 0.0972. The minimum atomic E-state index is -0.171. The Morgan fingerprint density at radius 3 is 2.80 bits per heavy atom. The van der Waals surface area contributed by atoms with Gasteiger partial charge in [0.2, 0.25) is 5.78 Å². The van der Waals surface area contributed by atoms with Gasteiger partial charge >= 0.3 is 0 Å². The van der Waals surface area contributed by atoms with Crippen LogP contribution in [0, 0.1) is 0 Å². The summed E-state index contributed by atoms with van der Waals surface area (Å²) in [5, 5.41) is 4.59. The van der Waals surface area contributed by atoms with Crippen molar-refractivity contribution in [2.45, 2.75) is 24.3 Å². The Morgan fingerprint density at radius 1 is 1.47 bits per heavy atom. The van der Waals surface area contributed by atoms with E-state index in [-0.39, 0.29) is 16.9 Å². The van der Waals surface area contributed by atoms with Crippen molar-refractivity contribution < 1.29 is 9.32 Å². The van der Waals surface area contributed by atoms with Gasteiger partial charge in [0.1, 0.15) is 0 Å². The molecule has 1 aromatic heterocycles. The molecule has 4 nitrogen and oxygen atoms in total. The van der Waals surface area contributed by atoms with Crippen molar-refractivity contribution in [2.75, 3.05) is 11.5 Å². The molecule has 1 saturated heterocycles. The first-order chi connectivity index (χ1) is 7.18. The van der Waals surface area contributed by atoms with Crippen LogP contribution >= 0.6 is 23.5 Å². The summed E-state index contributed by atoms with van der Waals surface area (Å²) in [7, 11) is 0. The number of nitrogens with zero attached hydrogens (tertiary/aromatic N) is 2. The van der Waals surface area contributed by atoms with Gasteiger partial charge in [-0.1, -0.05) is 12.1 Å². The topological polar surface area (TPSA) is 56.0 Å². The maximum atomic E-state index is 11.0. The average molecular weight is 244 g/mol. The van der Waals surface area contributed by atoms with Gasteiger partial charge < -0.3 is 4.52 Å². The summed E-state index contributed by atoms with van der Waals surface area (Å²) in [6.45, 7) is 3.59. The third-order valence-electron chi connectivity index (χ3n) is 2.19. The molecule has 1 aliphatic rings. The van der Waals surface area contributed by atoms with E-state index < -0.39 is 0 Å². The molecule has 2 unspecified atom stereocenters. The van der Waals surface area contributed by atoms with Crippen molar-refractivity contribution in [3.8, 4) is 0 Å². The minimum Gasteiger partial charge on any atom is -0.331 e. The molecule has 0 spiro atoms. The van der Waals surface area contributed by atoms with Crippen molar-refractivity contribution in [1.82, 2.24) is 10.1 Å². The number of rotatable bonds is 2. The molecule has 0 aliphatic carbocycles. The molecular weight excluding hydrogens is 232 g/mol. The quantitative estimate of drug-likeness (QED) is 0.743. The molecule has 0 saturated carbocycles. The number of thioether (sulfide) groups is 2. The molecule has 0 N–H and O–H groups in total. The van der Waals surface area contributed by atoms with E-state index in [1.165, 1.54) is 12.7 Å². The molecule has 1 aromatic rings. The van der Waals surface area contributed by atoms with Crippen LogP contribution in [0.1, 0.15) is 35.6 Å². The Kier molecular flexibility index (Phi) is 3.35. The molecule has 0 radical (unpaired) electrons. The number of hydrogen-bond acceptors (Lipinski definition) is 6. The smallest absolute Gasteiger partial charge is 0.293 e. The largest absolute Gasteiger partial charge is 0.331 e. The normalized spacial score (nSPS) is 26.5. The average Bonchev–Trinajstić information content (AvgIpc) is 2.67. The minimum absolute atomic E-state index is 0.119. The molecule has 6 heteroatoms. The molecule has 0 amide bonds. The van der Waals surface area contributed by atoms with Crippen molar-refractivity contribution in [1.29, 1.82) is 0 Å². The van der Waals surface area contributed by atoms with Crippen molar-refractivity contribution in [2.24, 2.45) is 0 Å². The standard InChI is InChI=1S/C9H12N2O2S2/c1-5(12)9-10-8(11-13-9)7-6(2)14-3-4-15-7/h6-7H,3-4H2,1-2H3. The highest BCUT2D eigenvalue weighted by Crippen LogP contribution is 2.40. The van der Waals surface area contributed by atoms with Gasteiger partial charge in [-0.3, -0.25) is 4.79 Å². The zero-order valence-electron chi connectivity index (χ0n) is 8.60. The monoisotopic (exact) mass is 244 g/mol. The van der Waals surface area contributed by atoms with Crippen LogP contribution in [0.2, 0.25) is 0 Å². The van der Waals surface area contributed by atoms with Gasteiger partial charge in [0.15, 0.2) is 5.82 Å². The second-order valence-corrected chi connectivity index (χ2v) is 6.12. The molecule has 1 fully saturated rings. The van der Waals surface area contributed by atoms with E-state index in [4.69, 9.17) is 4.52 Å². The van der Waals surface area contributed by atoms with Crippen molar-refractivity contribution in [3.63, 3.8) is 0 Å². The first-order valence-corrected chi connectivity index (χ1v) is 6.86. The highest BCUT2D eigenvalue weighted by Gasteiger charge is 2.28. The third-order valence-corrected chi connectivity index (χ3v) is 5.27. The zero-order valence-corrected chi connectivity index (χ0v) is 10.2. The van der Waals surface area contributed by atoms with Crippen LogP contribution in [0.3, 0.4) is 0 Å². The summed E-state index contributed by atoms with van der Waals surface area (Å²) in [5.74, 6) is 2.87. The fourth-order valence-corrected chi connectivity index (χ4v) is 4.09. The Morgan fingerprint density at radius 2 is 2.20 bits per heavy atom. The van der Waals surface area contributed by atoms with E-state index in [0.717, 1.165) is 5.75 Å². The van der Waals surface area contributed by atoms with Gasteiger partial charge in [-0.15, -0.1) is 11.8 Å². The molecule has 2 rings (SSSR count). The lowest BCUT2D eigenvalue weighted by Gasteiger charge is -2.24. The molecule has 2 heterocycles. The summed E-state index contributed by atoms with van der Waals surface area (Å²) in [4.78, 5) is 15.1. The van der Waals surface area contributed by atoms with E-state index in [1.807, 2.05) is 23.5 Å². The second-order valence-electron chi connectivity index (χ2n) is 3.38. The van der Waals surface area contributed by atoms with Crippen molar-refractivity contribution >= 4 is 29.3 Å². The lowest BCUT2D eigenvalue weighted by atomic mass is 10.3. The second kappa shape index (κ2) is 4.57. The van der Waals surface area contributed by atoms with E-state index in [9.17, 15) is 4.79 Å². The molecular formula is C9H12N2O2S2. The number of hydrogen-bond donors (Lipinski definition) is 0. The van der Waals surface area contributed by atoms with E-state index in [2.05, 4.69) is 17.1 Å². The van der Waals surface area contributed by atoms with Crippen LogP contribution in [0.25, 0.3) is 0 Å². The van der Waals surface area contributed by atoms with E-state index in [1.54, 1.807) is 0 Å². The number of aromatic nitrogens is 2. The highest BCUT2D eigenvalue weighted by molar-refractivity contribution is 8.06. The third kappa shape index (κ3) is 2.36. The molecule has 82 valence electrons. The van der Waals surface area contributed by atoms with Crippen LogP contribution in [-0.2, 0) is 0 Å². The summed E-state index contributed by atoms with van der Waals surface area (Å²) in [6.07, 6.45) is 0. The Bertz CT molecular complexity index is 367. The zero-order chi connectivity index (χ0) is 10.8. The highest BCUT2D eigenvalue weighted by atomic mass is 32.2. The van der Waals surface area contributed by atoms with Gasteiger partial charge in [-0.25, -0.2) is 0 Å². The summed E-state index contributed by atoms with van der Waals surface area (Å²) in [5.41, 5.74) is 0. The van der Waals surface area contributed by atoms with Gasteiger partial charge in [-0.2, -0.15) is 16.7 Å². The number of Topliss-reactive ketones (excluding diaryl/α,β-unsaturated/α-hetero) is 1. The van der Waals surface area contributed by atoms with E-state index >= 15 is 0 Å². The Labute approximate surface area is 96.6 Å². The van der Waals surface area contributed by atoms with Gasteiger partial charge in [0.05, 0.1) is 5.25 Å². The van der Waals surface area contributed by atoms with Crippen molar-refractivity contribution in [3.05, 3.63) is 11.7 Å². The van der Waals surface area contributed by atoms with Gasteiger partial charge in [-0.05, 0) is 0 Å². The van der Waals surface area contributed by atoms with Crippen LogP contribution in [0.5, 0.6) is 0 Å². The summed E-state index contributed by atoms with van der Waals surface area (Å²) in [6, 6.07) is 0. The van der Waals surface area contributed by atoms with Crippen LogP contribution in [0.15, 0.2) is 4.52 Å². The number of carbonyl (C=O) groups excluding carboxylic acids is 1. The van der Waals surface area contributed by atoms with E-state index in [0.29, 0.717) is 11.1 Å². The molecule has 2 atom stereocenters. The predicted molar refractivity (Wildman–Crippen MR) is 61.4 cm³/mol. The van der Waals surface area contributed by atoms with Crippen LogP contribution in [-0.4, -0.2) is 32.7 Å². The number of carbonyl (C=O) groups is 1. The summed E-state index contributed by atoms with van der Waals surface area (Å²) < 4.78 is 4.89. The molecule has 0 bridgehead atoms. The fourth-order valence-electron chi connectivity index (χ4n) is 1.41. The maximum Gasteiger partial charge on any atom is 0.293 e. The molecule has 1 aliphatic heterocycles. The fraction of sp³-hybridized carbons (Fsp3) is 0.667. The molecule has 15 heavy (non-hydrogen) atoms. The van der Waals surface area contributed by atoms with Gasteiger partial charge in [0.25, 0.3) is 5.89 Å². The predicted octanol–water partition coefficient (Wildman–Crippen LogP) is 2.18. The van der Waals surface area contributed by atoms with Crippen LogP contribution in [0.4, 0.5) is 0 Å². The Hall–Kier alpha value is -0.490. The number of ketones is 1.